The number of nitrogens with zero attached hydrogens (tertiary/aromatic N) is 1. The molecule has 0 radical (unpaired) electrons. The monoisotopic (exact) mass is 353 g/mol. The number of ether oxygens (including phenoxy) is 1. The van der Waals surface area contributed by atoms with Gasteiger partial charge in [0.25, 0.3) is 0 Å². The lowest BCUT2D eigenvalue weighted by Gasteiger charge is -2.27. The quantitative estimate of drug-likeness (QED) is 0.551. The highest BCUT2D eigenvalue weighted by Gasteiger charge is 2.37. The van der Waals surface area contributed by atoms with Crippen molar-refractivity contribution in [1.82, 2.24) is 0 Å². The Balaban J connectivity index is 2.06. The molecule has 2 rings (SSSR count). The second-order valence-corrected chi connectivity index (χ2v) is 6.35. The van der Waals surface area contributed by atoms with Gasteiger partial charge in [0.2, 0.25) is 0 Å². The maximum absolute atomic E-state index is 12.8. The molecule has 0 saturated carbocycles. The van der Waals surface area contributed by atoms with Crippen LogP contribution in [0.25, 0.3) is 0 Å². The number of unbranched alkanes of at least 4 members (excludes halogenated alkanes) is 2. The molecule has 1 aromatic rings. The molecule has 0 amide bonds. The lowest BCUT2D eigenvalue weighted by Crippen LogP contribution is -2.28. The summed E-state index contributed by atoms with van der Waals surface area (Å²) in [5, 5.41) is 0. The number of anilines is 1. The number of hydrogen-bond donors (Lipinski definition) is 0. The zero-order valence-corrected chi connectivity index (χ0v) is 14.9. The molecular formula is C20H26F3NO. The van der Waals surface area contributed by atoms with Crippen LogP contribution in [-0.2, 0) is 0 Å². The minimum atomic E-state index is -4.16. The van der Waals surface area contributed by atoms with Gasteiger partial charge in [-0.1, -0.05) is 38.0 Å². The summed E-state index contributed by atoms with van der Waals surface area (Å²) < 4.78 is 43.5. The van der Waals surface area contributed by atoms with Crippen molar-refractivity contribution < 1.29 is 17.9 Å². The first-order chi connectivity index (χ1) is 11.9. The molecule has 1 aliphatic carbocycles. The summed E-state index contributed by atoms with van der Waals surface area (Å²) >= 11 is 0. The van der Waals surface area contributed by atoms with Crippen molar-refractivity contribution in [1.29, 1.82) is 0 Å². The van der Waals surface area contributed by atoms with Crippen LogP contribution in [0.1, 0.15) is 32.6 Å². The lowest BCUT2D eigenvalue weighted by molar-refractivity contribution is -0.160. The number of benzene rings is 1. The third-order valence-corrected chi connectivity index (χ3v) is 4.44. The van der Waals surface area contributed by atoms with Crippen LogP contribution in [0.5, 0.6) is 5.75 Å². The van der Waals surface area contributed by atoms with Crippen molar-refractivity contribution in [3.8, 4) is 5.75 Å². The number of halogens is 3. The van der Waals surface area contributed by atoms with E-state index in [0.29, 0.717) is 6.54 Å². The molecule has 1 aromatic carbocycles. The highest BCUT2D eigenvalue weighted by molar-refractivity contribution is 5.51. The summed E-state index contributed by atoms with van der Waals surface area (Å²) in [5.74, 6) is -0.562. The first-order valence-corrected chi connectivity index (χ1v) is 8.77. The predicted octanol–water partition coefficient (Wildman–Crippen LogP) is 5.76. The van der Waals surface area contributed by atoms with Gasteiger partial charge in [0.1, 0.15) is 5.75 Å². The summed E-state index contributed by atoms with van der Waals surface area (Å²) in [6.45, 7) is 3.66. The van der Waals surface area contributed by atoms with Gasteiger partial charge < -0.3 is 9.64 Å². The second-order valence-electron chi connectivity index (χ2n) is 6.35. The molecule has 138 valence electrons. The van der Waals surface area contributed by atoms with Gasteiger partial charge in [0, 0.05) is 18.8 Å². The molecule has 2 nitrogen and oxygen atoms in total. The Kier molecular flexibility index (Phi) is 6.97. The van der Waals surface area contributed by atoms with Crippen LogP contribution in [0.3, 0.4) is 0 Å². The van der Waals surface area contributed by atoms with E-state index in [0.717, 1.165) is 42.8 Å². The van der Waals surface area contributed by atoms with Crippen LogP contribution in [0.15, 0.2) is 48.1 Å². The van der Waals surface area contributed by atoms with E-state index < -0.39 is 12.1 Å². The fourth-order valence-corrected chi connectivity index (χ4v) is 2.89. The molecule has 0 bridgehead atoms. The number of alkyl halides is 3. The summed E-state index contributed by atoms with van der Waals surface area (Å²) in [7, 11) is 1.63. The zero-order chi connectivity index (χ0) is 18.3. The molecule has 0 heterocycles. The molecule has 0 saturated heterocycles. The average molecular weight is 353 g/mol. The Hall–Kier alpha value is -1.91. The second kappa shape index (κ2) is 8.97. The smallest absolute Gasteiger partial charge is 0.395 e. The van der Waals surface area contributed by atoms with E-state index >= 15 is 0 Å². The molecule has 0 aromatic heterocycles. The summed E-state index contributed by atoms with van der Waals surface area (Å²) in [4.78, 5) is 2.22. The topological polar surface area (TPSA) is 12.5 Å². The minimum absolute atomic E-state index is 0.0285. The number of methoxy groups -OCH3 is 1. The van der Waals surface area contributed by atoms with E-state index in [4.69, 9.17) is 4.74 Å². The molecule has 0 N–H and O–H groups in total. The van der Waals surface area contributed by atoms with Gasteiger partial charge in [0.05, 0.1) is 13.0 Å². The predicted molar refractivity (Wildman–Crippen MR) is 96.1 cm³/mol. The zero-order valence-electron chi connectivity index (χ0n) is 14.9. The summed E-state index contributed by atoms with van der Waals surface area (Å²) in [5.41, 5.74) is 2.00. The average Bonchev–Trinajstić information content (AvgIpc) is 2.61. The van der Waals surface area contributed by atoms with Crippen LogP contribution in [0.4, 0.5) is 18.9 Å². The van der Waals surface area contributed by atoms with Crippen LogP contribution in [0.2, 0.25) is 0 Å². The van der Waals surface area contributed by atoms with Gasteiger partial charge >= 0.3 is 6.18 Å². The van der Waals surface area contributed by atoms with E-state index in [9.17, 15) is 13.2 Å². The molecule has 25 heavy (non-hydrogen) atoms. The first-order valence-electron chi connectivity index (χ1n) is 8.77. The highest BCUT2D eigenvalue weighted by Crippen LogP contribution is 2.33. The summed E-state index contributed by atoms with van der Waals surface area (Å²) in [6.07, 6.45) is 3.82. The number of allylic oxidation sites excluding steroid dienone is 2. The van der Waals surface area contributed by atoms with Gasteiger partial charge in [-0.15, -0.1) is 0 Å². The van der Waals surface area contributed by atoms with Crippen molar-refractivity contribution in [3.63, 3.8) is 0 Å². The SMILES string of the molecule is CCCCCN(CC1=CCC(C(F)(F)F)C=C1)c1ccc(OC)cc1. The molecule has 0 spiro atoms. The number of hydrogen-bond acceptors (Lipinski definition) is 2. The molecule has 1 atom stereocenters. The van der Waals surface area contributed by atoms with Crippen LogP contribution < -0.4 is 9.64 Å². The van der Waals surface area contributed by atoms with Gasteiger partial charge in [-0.3, -0.25) is 0 Å². The molecule has 1 unspecified atom stereocenters. The van der Waals surface area contributed by atoms with Gasteiger partial charge in [-0.2, -0.15) is 13.2 Å². The lowest BCUT2D eigenvalue weighted by atomic mass is 9.96. The minimum Gasteiger partial charge on any atom is -0.497 e. The van der Waals surface area contributed by atoms with Gasteiger partial charge in [-0.05, 0) is 42.7 Å². The van der Waals surface area contributed by atoms with E-state index in [1.165, 1.54) is 6.08 Å². The van der Waals surface area contributed by atoms with Crippen molar-refractivity contribution >= 4 is 5.69 Å². The normalized spacial score (nSPS) is 17.3. The maximum atomic E-state index is 12.8. The Labute approximate surface area is 148 Å². The van der Waals surface area contributed by atoms with Crippen molar-refractivity contribution in [2.75, 3.05) is 25.1 Å². The standard InChI is InChI=1S/C20H26F3NO/c1-3-4-5-14-24(18-10-12-19(25-2)13-11-18)15-16-6-8-17(9-7-16)20(21,22)23/h6-8,10-13,17H,3-5,9,14-15H2,1-2H3. The van der Waals surface area contributed by atoms with Crippen molar-refractivity contribution in [3.05, 3.63) is 48.1 Å². The van der Waals surface area contributed by atoms with E-state index in [-0.39, 0.29) is 6.42 Å². The third kappa shape index (κ3) is 5.83. The molecule has 1 aliphatic rings. The molecular weight excluding hydrogens is 327 g/mol. The molecule has 0 aliphatic heterocycles. The van der Waals surface area contributed by atoms with E-state index in [1.807, 2.05) is 24.3 Å². The Morgan fingerprint density at radius 1 is 1.16 bits per heavy atom. The third-order valence-electron chi connectivity index (χ3n) is 4.44. The maximum Gasteiger partial charge on any atom is 0.395 e. The Morgan fingerprint density at radius 3 is 2.40 bits per heavy atom. The van der Waals surface area contributed by atoms with Crippen LogP contribution >= 0.6 is 0 Å². The van der Waals surface area contributed by atoms with E-state index in [1.54, 1.807) is 19.3 Å². The number of rotatable bonds is 8. The van der Waals surface area contributed by atoms with Gasteiger partial charge in [0.15, 0.2) is 0 Å². The molecule has 5 heteroatoms. The largest absolute Gasteiger partial charge is 0.497 e. The van der Waals surface area contributed by atoms with Gasteiger partial charge in [-0.25, -0.2) is 0 Å². The Bertz CT molecular complexity index is 590. The Morgan fingerprint density at radius 2 is 1.88 bits per heavy atom. The first kappa shape index (κ1) is 19.4. The van der Waals surface area contributed by atoms with Crippen molar-refractivity contribution in [2.24, 2.45) is 5.92 Å². The van der Waals surface area contributed by atoms with E-state index in [2.05, 4.69) is 11.8 Å². The van der Waals surface area contributed by atoms with Crippen LogP contribution in [-0.4, -0.2) is 26.4 Å². The van der Waals surface area contributed by atoms with Crippen LogP contribution in [0, 0.1) is 5.92 Å². The fourth-order valence-electron chi connectivity index (χ4n) is 2.89. The highest BCUT2D eigenvalue weighted by atomic mass is 19.4. The van der Waals surface area contributed by atoms with Crippen molar-refractivity contribution in [2.45, 2.75) is 38.8 Å². The fraction of sp³-hybridized carbons (Fsp3) is 0.500. The molecule has 0 fully saturated rings. The summed E-state index contributed by atoms with van der Waals surface area (Å²) in [6, 6.07) is 7.81.